The van der Waals surface area contributed by atoms with Crippen molar-refractivity contribution in [3.05, 3.63) is 58.9 Å². The van der Waals surface area contributed by atoms with Crippen LogP contribution in [0.4, 0.5) is 10.1 Å². The van der Waals surface area contributed by atoms with Crippen LogP contribution in [0.2, 0.25) is 0 Å². The molecule has 1 atom stereocenters. The molecule has 0 radical (unpaired) electrons. The lowest BCUT2D eigenvalue weighted by molar-refractivity contribution is -0.123. The number of rotatable bonds is 5. The molecule has 1 N–H and O–H groups in total. The third-order valence-corrected chi connectivity index (χ3v) is 4.41. The van der Waals surface area contributed by atoms with Gasteiger partial charge in [-0.15, -0.1) is 0 Å². The van der Waals surface area contributed by atoms with Crippen LogP contribution in [0.3, 0.4) is 0 Å². The van der Waals surface area contributed by atoms with Crippen LogP contribution in [0.5, 0.6) is 5.75 Å². The number of carbonyl (C=O) groups excluding carboxylic acids is 2. The van der Waals surface area contributed by atoms with E-state index in [1.54, 1.807) is 0 Å². The summed E-state index contributed by atoms with van der Waals surface area (Å²) in [5.41, 5.74) is 3.24. The van der Waals surface area contributed by atoms with Crippen LogP contribution < -0.4 is 10.1 Å². The minimum absolute atomic E-state index is 0.0143. The van der Waals surface area contributed by atoms with Crippen molar-refractivity contribution in [1.29, 1.82) is 0 Å². The van der Waals surface area contributed by atoms with E-state index in [1.165, 1.54) is 37.3 Å². The Kier molecular flexibility index (Phi) is 5.21. The average molecular weight is 357 g/mol. The van der Waals surface area contributed by atoms with Gasteiger partial charge in [-0.3, -0.25) is 4.79 Å². The van der Waals surface area contributed by atoms with Crippen LogP contribution in [-0.4, -0.2) is 25.1 Å². The zero-order valence-corrected chi connectivity index (χ0v) is 14.7. The van der Waals surface area contributed by atoms with Crippen molar-refractivity contribution in [1.82, 2.24) is 0 Å². The molecule has 0 aromatic heterocycles. The summed E-state index contributed by atoms with van der Waals surface area (Å²) in [7, 11) is 1.34. The van der Waals surface area contributed by atoms with Gasteiger partial charge in [-0.2, -0.15) is 0 Å². The number of hydrogen-bond acceptors (Lipinski definition) is 4. The maximum Gasteiger partial charge on any atom is 0.339 e. The first kappa shape index (κ1) is 17.9. The van der Waals surface area contributed by atoms with Crippen molar-refractivity contribution in [3.63, 3.8) is 0 Å². The number of benzene rings is 2. The van der Waals surface area contributed by atoms with Gasteiger partial charge >= 0.3 is 5.97 Å². The van der Waals surface area contributed by atoms with E-state index in [-0.39, 0.29) is 11.3 Å². The molecule has 0 saturated carbocycles. The fraction of sp³-hybridized carbons (Fsp3) is 0.300. The summed E-state index contributed by atoms with van der Waals surface area (Å²) in [6.07, 6.45) is 2.18. The molecule has 136 valence electrons. The van der Waals surface area contributed by atoms with Gasteiger partial charge in [0.25, 0.3) is 5.91 Å². The Labute approximate surface area is 151 Å². The van der Waals surface area contributed by atoms with E-state index in [0.29, 0.717) is 5.69 Å². The van der Waals surface area contributed by atoms with Crippen LogP contribution >= 0.6 is 0 Å². The number of anilines is 1. The van der Waals surface area contributed by atoms with Crippen LogP contribution in [0.1, 0.15) is 34.8 Å². The van der Waals surface area contributed by atoms with Gasteiger partial charge in [0.2, 0.25) is 0 Å². The zero-order chi connectivity index (χ0) is 18.7. The molecule has 2 aromatic carbocycles. The number of ether oxygens (including phenoxy) is 2. The molecule has 3 rings (SSSR count). The highest BCUT2D eigenvalue weighted by Crippen LogP contribution is 2.25. The lowest BCUT2D eigenvalue weighted by Gasteiger charge is -2.14. The number of hydrogen-bond donors (Lipinski definition) is 1. The number of amides is 1. The predicted octanol–water partition coefficient (Wildman–Crippen LogP) is 3.51. The number of nitrogens with one attached hydrogen (secondary N) is 1. The maximum absolute atomic E-state index is 13.7. The van der Waals surface area contributed by atoms with E-state index in [4.69, 9.17) is 9.47 Å². The number of esters is 1. The summed E-state index contributed by atoms with van der Waals surface area (Å²) in [4.78, 5) is 24.4. The standard InChI is InChI=1S/C20H20FNO4/c1-12(26-20(24)15-7-9-18(25-2)17(21)11-15)19(23)22-16-8-6-13-4-3-5-14(13)10-16/h6-12H,3-5H2,1-2H3,(H,22,23)/t12-/m1/s1. The van der Waals surface area contributed by atoms with E-state index in [0.717, 1.165) is 25.3 Å². The second kappa shape index (κ2) is 7.56. The first-order chi connectivity index (χ1) is 12.5. The topological polar surface area (TPSA) is 64.6 Å². The van der Waals surface area contributed by atoms with E-state index < -0.39 is 23.8 Å². The van der Waals surface area contributed by atoms with Crippen molar-refractivity contribution in [3.8, 4) is 5.75 Å². The van der Waals surface area contributed by atoms with Gasteiger partial charge in [-0.25, -0.2) is 9.18 Å². The number of halogens is 1. The molecule has 6 heteroatoms. The second-order valence-corrected chi connectivity index (χ2v) is 6.22. The molecule has 0 saturated heterocycles. The molecule has 0 aliphatic heterocycles. The highest BCUT2D eigenvalue weighted by Gasteiger charge is 2.21. The first-order valence-electron chi connectivity index (χ1n) is 8.45. The van der Waals surface area contributed by atoms with Crippen molar-refractivity contribution >= 4 is 17.6 Å². The van der Waals surface area contributed by atoms with Gasteiger partial charge in [-0.1, -0.05) is 6.07 Å². The largest absolute Gasteiger partial charge is 0.494 e. The number of fused-ring (bicyclic) bond motifs is 1. The smallest absolute Gasteiger partial charge is 0.339 e. The Hall–Kier alpha value is -2.89. The number of methoxy groups -OCH3 is 1. The van der Waals surface area contributed by atoms with Crippen LogP contribution in [0, 0.1) is 5.82 Å². The summed E-state index contributed by atoms with van der Waals surface area (Å²) in [6, 6.07) is 9.54. The van der Waals surface area contributed by atoms with Crippen molar-refractivity contribution in [2.75, 3.05) is 12.4 Å². The highest BCUT2D eigenvalue weighted by atomic mass is 19.1. The summed E-state index contributed by atoms with van der Waals surface area (Å²) < 4.78 is 23.6. The van der Waals surface area contributed by atoms with Gasteiger partial charge in [0.05, 0.1) is 12.7 Å². The lowest BCUT2D eigenvalue weighted by atomic mass is 10.1. The SMILES string of the molecule is COc1ccc(C(=O)O[C@H](C)C(=O)Nc2ccc3c(c2)CCC3)cc1F. The van der Waals surface area contributed by atoms with Gasteiger partial charge < -0.3 is 14.8 Å². The average Bonchev–Trinajstić information content (AvgIpc) is 3.09. The highest BCUT2D eigenvalue weighted by molar-refractivity contribution is 5.97. The molecule has 1 amide bonds. The Bertz CT molecular complexity index is 850. The minimum atomic E-state index is -1.01. The van der Waals surface area contributed by atoms with E-state index in [1.807, 2.05) is 18.2 Å². The van der Waals surface area contributed by atoms with E-state index in [2.05, 4.69) is 5.32 Å². The summed E-state index contributed by atoms with van der Waals surface area (Å²) in [6.45, 7) is 1.47. The predicted molar refractivity (Wildman–Crippen MR) is 94.9 cm³/mol. The molecular formula is C20H20FNO4. The Morgan fingerprint density at radius 1 is 1.12 bits per heavy atom. The Morgan fingerprint density at radius 2 is 1.88 bits per heavy atom. The normalized spacial score (nSPS) is 13.7. The van der Waals surface area contributed by atoms with Gasteiger partial charge in [0.1, 0.15) is 0 Å². The fourth-order valence-electron chi connectivity index (χ4n) is 2.97. The van der Waals surface area contributed by atoms with Gasteiger partial charge in [0.15, 0.2) is 17.7 Å². The molecule has 1 aliphatic carbocycles. The van der Waals surface area contributed by atoms with Crippen LogP contribution in [0.25, 0.3) is 0 Å². The van der Waals surface area contributed by atoms with Crippen molar-refractivity contribution in [2.24, 2.45) is 0 Å². The number of carbonyl (C=O) groups is 2. The third-order valence-electron chi connectivity index (χ3n) is 4.41. The Balaban J connectivity index is 1.61. The molecule has 0 spiro atoms. The van der Waals surface area contributed by atoms with Crippen LogP contribution in [-0.2, 0) is 22.4 Å². The first-order valence-corrected chi connectivity index (χ1v) is 8.45. The monoisotopic (exact) mass is 357 g/mol. The molecule has 0 unspecified atom stereocenters. The molecule has 26 heavy (non-hydrogen) atoms. The second-order valence-electron chi connectivity index (χ2n) is 6.22. The van der Waals surface area contributed by atoms with E-state index >= 15 is 0 Å². The molecular weight excluding hydrogens is 337 g/mol. The quantitative estimate of drug-likeness (QED) is 0.832. The van der Waals surface area contributed by atoms with Crippen LogP contribution in [0.15, 0.2) is 36.4 Å². The number of aryl methyl sites for hydroxylation is 2. The third kappa shape index (κ3) is 3.85. The zero-order valence-electron chi connectivity index (χ0n) is 14.7. The minimum Gasteiger partial charge on any atom is -0.494 e. The molecule has 0 heterocycles. The lowest BCUT2D eigenvalue weighted by Crippen LogP contribution is -2.30. The maximum atomic E-state index is 13.7. The molecule has 1 aliphatic rings. The summed E-state index contributed by atoms with van der Waals surface area (Å²) in [5, 5.41) is 2.75. The molecule has 5 nitrogen and oxygen atoms in total. The summed E-state index contributed by atoms with van der Waals surface area (Å²) >= 11 is 0. The molecule has 2 aromatic rings. The van der Waals surface area contributed by atoms with E-state index in [9.17, 15) is 14.0 Å². The summed E-state index contributed by atoms with van der Waals surface area (Å²) in [5.74, 6) is -1.85. The molecule has 0 bridgehead atoms. The van der Waals surface area contributed by atoms with Gasteiger partial charge in [-0.05, 0) is 67.6 Å². The van der Waals surface area contributed by atoms with Gasteiger partial charge in [0, 0.05) is 5.69 Å². The fourth-order valence-corrected chi connectivity index (χ4v) is 2.97. The molecule has 0 fully saturated rings. The van der Waals surface area contributed by atoms with Crippen molar-refractivity contribution in [2.45, 2.75) is 32.3 Å². The Morgan fingerprint density at radius 3 is 2.62 bits per heavy atom. The van der Waals surface area contributed by atoms with Crippen molar-refractivity contribution < 1.29 is 23.5 Å².